The number of carbonyl (C=O) groups excluding carboxylic acids is 2. The standard InChI is InChI=1S/C23H26FN3O2/c24-21-6-2-1-5-16(21)11-12-25-22(28)19-15-20(19)23(29)26-17-7-9-18(10-8-17)27-13-3-4-14-27/h1-2,5-10,19-20H,3-4,11-15H2,(H,25,28)(H,26,29). The van der Waals surface area contributed by atoms with Crippen molar-refractivity contribution in [3.8, 4) is 0 Å². The van der Waals surface area contributed by atoms with Crippen molar-refractivity contribution in [1.82, 2.24) is 5.32 Å². The normalized spacial score (nSPS) is 20.4. The predicted molar refractivity (Wildman–Crippen MR) is 111 cm³/mol. The number of carbonyl (C=O) groups is 2. The van der Waals surface area contributed by atoms with Gasteiger partial charge in [-0.05, 0) is 61.6 Å². The molecule has 4 rings (SSSR count). The molecule has 2 atom stereocenters. The molecule has 29 heavy (non-hydrogen) atoms. The van der Waals surface area contributed by atoms with E-state index in [1.807, 2.05) is 24.3 Å². The van der Waals surface area contributed by atoms with Crippen LogP contribution in [0.25, 0.3) is 0 Å². The second-order valence-electron chi connectivity index (χ2n) is 7.81. The highest BCUT2D eigenvalue weighted by atomic mass is 19.1. The van der Waals surface area contributed by atoms with Gasteiger partial charge in [0.2, 0.25) is 11.8 Å². The van der Waals surface area contributed by atoms with Crippen LogP contribution in [0, 0.1) is 17.7 Å². The highest BCUT2D eigenvalue weighted by Crippen LogP contribution is 2.39. The number of halogens is 1. The number of hydrogen-bond donors (Lipinski definition) is 2. The molecule has 2 unspecified atom stereocenters. The maximum Gasteiger partial charge on any atom is 0.228 e. The first kappa shape index (κ1) is 19.4. The van der Waals surface area contributed by atoms with Crippen molar-refractivity contribution in [2.45, 2.75) is 25.7 Å². The van der Waals surface area contributed by atoms with Gasteiger partial charge in [0.1, 0.15) is 5.82 Å². The van der Waals surface area contributed by atoms with Crippen molar-refractivity contribution in [2.24, 2.45) is 11.8 Å². The van der Waals surface area contributed by atoms with E-state index in [4.69, 9.17) is 0 Å². The van der Waals surface area contributed by atoms with Gasteiger partial charge >= 0.3 is 0 Å². The maximum atomic E-state index is 13.6. The topological polar surface area (TPSA) is 61.4 Å². The highest BCUT2D eigenvalue weighted by Gasteiger charge is 2.47. The number of rotatable bonds is 7. The molecule has 6 heteroatoms. The highest BCUT2D eigenvalue weighted by molar-refractivity contribution is 5.99. The largest absolute Gasteiger partial charge is 0.372 e. The molecule has 2 N–H and O–H groups in total. The van der Waals surface area contributed by atoms with Crippen molar-refractivity contribution in [1.29, 1.82) is 0 Å². The second kappa shape index (κ2) is 8.64. The number of amides is 2. The first-order valence-corrected chi connectivity index (χ1v) is 10.3. The molecule has 0 spiro atoms. The zero-order valence-electron chi connectivity index (χ0n) is 16.4. The van der Waals surface area contributed by atoms with Crippen LogP contribution in [-0.2, 0) is 16.0 Å². The van der Waals surface area contributed by atoms with Crippen LogP contribution in [0.3, 0.4) is 0 Å². The van der Waals surface area contributed by atoms with E-state index in [2.05, 4.69) is 15.5 Å². The molecule has 5 nitrogen and oxygen atoms in total. The summed E-state index contributed by atoms with van der Waals surface area (Å²) in [6.07, 6.45) is 3.45. The van der Waals surface area contributed by atoms with Gasteiger partial charge in [0, 0.05) is 31.0 Å². The molecule has 152 valence electrons. The lowest BCUT2D eigenvalue weighted by Gasteiger charge is -2.17. The van der Waals surface area contributed by atoms with Crippen LogP contribution in [0.2, 0.25) is 0 Å². The summed E-state index contributed by atoms with van der Waals surface area (Å²) in [6, 6.07) is 14.4. The minimum Gasteiger partial charge on any atom is -0.372 e. The number of benzene rings is 2. The van der Waals surface area contributed by atoms with Crippen LogP contribution in [0.1, 0.15) is 24.8 Å². The van der Waals surface area contributed by atoms with Crippen molar-refractivity contribution >= 4 is 23.2 Å². The lowest BCUT2D eigenvalue weighted by molar-refractivity contribution is -0.125. The van der Waals surface area contributed by atoms with Crippen molar-refractivity contribution in [3.63, 3.8) is 0 Å². The van der Waals surface area contributed by atoms with Crippen molar-refractivity contribution in [3.05, 3.63) is 59.9 Å². The number of nitrogens with zero attached hydrogens (tertiary/aromatic N) is 1. The van der Waals surface area contributed by atoms with Crippen molar-refractivity contribution in [2.75, 3.05) is 29.9 Å². The molecule has 1 aliphatic carbocycles. The van der Waals surface area contributed by atoms with Crippen LogP contribution < -0.4 is 15.5 Å². The minimum absolute atomic E-state index is 0.117. The lowest BCUT2D eigenvalue weighted by atomic mass is 10.1. The predicted octanol–water partition coefficient (Wildman–Crippen LogP) is 3.36. The fourth-order valence-electron chi connectivity index (χ4n) is 3.89. The quantitative estimate of drug-likeness (QED) is 0.756. The Kier molecular flexibility index (Phi) is 5.79. The Morgan fingerprint density at radius 1 is 0.966 bits per heavy atom. The third-order valence-corrected chi connectivity index (χ3v) is 5.72. The summed E-state index contributed by atoms with van der Waals surface area (Å²) in [5.41, 5.74) is 2.51. The monoisotopic (exact) mass is 395 g/mol. The maximum absolute atomic E-state index is 13.6. The average molecular weight is 395 g/mol. The van der Waals surface area contributed by atoms with E-state index < -0.39 is 0 Å². The molecule has 0 bridgehead atoms. The zero-order chi connectivity index (χ0) is 20.2. The fraction of sp³-hybridized carbons (Fsp3) is 0.391. The first-order chi connectivity index (χ1) is 14.1. The molecule has 1 heterocycles. The third-order valence-electron chi connectivity index (χ3n) is 5.72. The van der Waals surface area contributed by atoms with Crippen LogP contribution in [-0.4, -0.2) is 31.4 Å². The first-order valence-electron chi connectivity index (χ1n) is 10.3. The molecular formula is C23H26FN3O2. The van der Waals surface area contributed by atoms with E-state index in [0.717, 1.165) is 18.8 Å². The fourth-order valence-corrected chi connectivity index (χ4v) is 3.89. The summed E-state index contributed by atoms with van der Waals surface area (Å²) in [7, 11) is 0. The summed E-state index contributed by atoms with van der Waals surface area (Å²) in [5, 5.41) is 5.73. The van der Waals surface area contributed by atoms with Gasteiger partial charge in [0.25, 0.3) is 0 Å². The van der Waals surface area contributed by atoms with Gasteiger partial charge in [0.15, 0.2) is 0 Å². The minimum atomic E-state index is -0.292. The van der Waals surface area contributed by atoms with Crippen molar-refractivity contribution < 1.29 is 14.0 Å². The molecule has 2 amide bonds. The molecule has 2 aromatic carbocycles. The average Bonchev–Trinajstić information content (AvgIpc) is 3.36. The summed E-state index contributed by atoms with van der Waals surface area (Å²) in [6.45, 7) is 2.53. The molecule has 2 fully saturated rings. The zero-order valence-corrected chi connectivity index (χ0v) is 16.4. The summed E-state index contributed by atoms with van der Waals surface area (Å²) in [5.74, 6) is -1.10. The van der Waals surface area contributed by atoms with E-state index in [1.165, 1.54) is 24.6 Å². The van der Waals surface area contributed by atoms with Gasteiger partial charge in [-0.25, -0.2) is 4.39 Å². The van der Waals surface area contributed by atoms with Gasteiger partial charge in [0.05, 0.1) is 11.8 Å². The Morgan fingerprint density at radius 2 is 1.66 bits per heavy atom. The van der Waals surface area contributed by atoms with Gasteiger partial charge in [-0.1, -0.05) is 18.2 Å². The van der Waals surface area contributed by atoms with E-state index >= 15 is 0 Å². The van der Waals surface area contributed by atoms with Gasteiger partial charge < -0.3 is 15.5 Å². The summed E-state index contributed by atoms with van der Waals surface area (Å²) < 4.78 is 13.6. The smallest absolute Gasteiger partial charge is 0.228 e. The molecule has 1 aliphatic heterocycles. The SMILES string of the molecule is O=C(NCCc1ccccc1F)C1CC1C(=O)Nc1ccc(N2CCCC2)cc1. The van der Waals surface area contributed by atoms with Gasteiger partial charge in [-0.3, -0.25) is 9.59 Å². The van der Waals surface area contributed by atoms with Gasteiger partial charge in [-0.2, -0.15) is 0 Å². The van der Waals surface area contributed by atoms with E-state index in [0.29, 0.717) is 24.9 Å². The molecule has 1 saturated heterocycles. The molecule has 2 aliphatic rings. The molecule has 2 aromatic rings. The number of hydrogen-bond acceptors (Lipinski definition) is 3. The Balaban J connectivity index is 1.21. The lowest BCUT2D eigenvalue weighted by Crippen LogP contribution is -2.29. The van der Waals surface area contributed by atoms with Crippen LogP contribution in [0.4, 0.5) is 15.8 Å². The van der Waals surface area contributed by atoms with Crippen LogP contribution >= 0.6 is 0 Å². The second-order valence-corrected chi connectivity index (χ2v) is 7.81. The number of nitrogens with one attached hydrogen (secondary N) is 2. The molecule has 0 aromatic heterocycles. The third kappa shape index (κ3) is 4.75. The Morgan fingerprint density at radius 3 is 2.38 bits per heavy atom. The molecule has 0 radical (unpaired) electrons. The Labute approximate surface area is 170 Å². The van der Waals surface area contributed by atoms with E-state index in [1.54, 1.807) is 18.2 Å². The number of anilines is 2. The van der Waals surface area contributed by atoms with Crippen LogP contribution in [0.15, 0.2) is 48.5 Å². The summed E-state index contributed by atoms with van der Waals surface area (Å²) in [4.78, 5) is 27.0. The van der Waals surface area contributed by atoms with Crippen LogP contribution in [0.5, 0.6) is 0 Å². The van der Waals surface area contributed by atoms with E-state index in [9.17, 15) is 14.0 Å². The molecular weight excluding hydrogens is 369 g/mol. The molecule has 1 saturated carbocycles. The Bertz CT molecular complexity index is 878. The Hall–Kier alpha value is -2.89. The summed E-state index contributed by atoms with van der Waals surface area (Å²) >= 11 is 0. The van der Waals surface area contributed by atoms with E-state index in [-0.39, 0.29) is 29.5 Å². The van der Waals surface area contributed by atoms with Gasteiger partial charge in [-0.15, -0.1) is 0 Å².